The Bertz CT molecular complexity index is 784. The number of nitrogens with one attached hydrogen (secondary N) is 1. The fourth-order valence-corrected chi connectivity index (χ4v) is 3.42. The molecule has 1 amide bonds. The molecule has 0 aliphatic carbocycles. The summed E-state index contributed by atoms with van der Waals surface area (Å²) in [5, 5.41) is 0. The molecule has 124 valence electrons. The standard InChI is InChI=1S/C15H18N2O5S/c1-10(8-11-4-3-7-22-11)17-23(19,20)12-5-6-14(21-2)13(9-12)15(16)18/h3-7,9-10,17H,8H2,1-2H3,(H2,16,18)/t10-/m1/s1. The van der Waals surface area contributed by atoms with Gasteiger partial charge in [-0.2, -0.15) is 0 Å². The van der Waals surface area contributed by atoms with Gasteiger partial charge in [0, 0.05) is 12.5 Å². The van der Waals surface area contributed by atoms with Gasteiger partial charge in [-0.1, -0.05) is 0 Å². The lowest BCUT2D eigenvalue weighted by Gasteiger charge is -2.14. The predicted octanol–water partition coefficient (Wildman–Crippen LogP) is 1.30. The number of ether oxygens (including phenoxy) is 1. The molecule has 1 aromatic heterocycles. The van der Waals surface area contributed by atoms with Gasteiger partial charge in [0.2, 0.25) is 10.0 Å². The van der Waals surface area contributed by atoms with Crippen LogP contribution in [-0.4, -0.2) is 27.5 Å². The summed E-state index contributed by atoms with van der Waals surface area (Å²) < 4.78 is 37.5. The van der Waals surface area contributed by atoms with Crippen LogP contribution in [0.4, 0.5) is 0 Å². The number of sulfonamides is 1. The number of hydrogen-bond acceptors (Lipinski definition) is 5. The molecule has 1 heterocycles. The third-order valence-electron chi connectivity index (χ3n) is 3.19. The Morgan fingerprint density at radius 3 is 2.70 bits per heavy atom. The summed E-state index contributed by atoms with van der Waals surface area (Å²) in [5.74, 6) is 0.135. The summed E-state index contributed by atoms with van der Waals surface area (Å²) in [6, 6.07) is 7.07. The molecule has 8 heteroatoms. The first-order valence-corrected chi connectivity index (χ1v) is 8.34. The number of amides is 1. The van der Waals surface area contributed by atoms with Crippen LogP contribution in [0.15, 0.2) is 45.9 Å². The Morgan fingerprint density at radius 1 is 1.39 bits per heavy atom. The molecule has 0 unspecified atom stereocenters. The molecule has 2 rings (SSSR count). The molecule has 3 N–H and O–H groups in total. The van der Waals surface area contributed by atoms with Crippen LogP contribution in [0, 0.1) is 0 Å². The highest BCUT2D eigenvalue weighted by Gasteiger charge is 2.21. The summed E-state index contributed by atoms with van der Waals surface area (Å²) in [6.45, 7) is 1.72. The van der Waals surface area contributed by atoms with Crippen LogP contribution in [0.25, 0.3) is 0 Å². The third kappa shape index (κ3) is 4.11. The number of furan rings is 1. The fraction of sp³-hybridized carbons (Fsp3) is 0.267. The first kappa shape index (κ1) is 17.0. The lowest BCUT2D eigenvalue weighted by atomic mass is 10.2. The van der Waals surface area contributed by atoms with E-state index in [0.29, 0.717) is 12.2 Å². The van der Waals surface area contributed by atoms with Gasteiger partial charge in [0.1, 0.15) is 11.5 Å². The van der Waals surface area contributed by atoms with E-state index in [4.69, 9.17) is 14.9 Å². The smallest absolute Gasteiger partial charge is 0.252 e. The molecule has 0 saturated carbocycles. The van der Waals surface area contributed by atoms with Crippen molar-refractivity contribution in [1.29, 1.82) is 0 Å². The summed E-state index contributed by atoms with van der Waals surface area (Å²) in [7, 11) is -2.42. The number of benzene rings is 1. The van der Waals surface area contributed by atoms with E-state index < -0.39 is 15.9 Å². The van der Waals surface area contributed by atoms with Gasteiger partial charge in [-0.25, -0.2) is 13.1 Å². The van der Waals surface area contributed by atoms with Crippen molar-refractivity contribution in [2.45, 2.75) is 24.3 Å². The van der Waals surface area contributed by atoms with Gasteiger partial charge in [0.05, 0.1) is 23.8 Å². The number of methoxy groups -OCH3 is 1. The molecule has 23 heavy (non-hydrogen) atoms. The summed E-state index contributed by atoms with van der Waals surface area (Å²) in [5.41, 5.74) is 5.26. The molecule has 0 fully saturated rings. The zero-order chi connectivity index (χ0) is 17.0. The molecule has 0 spiro atoms. The van der Waals surface area contributed by atoms with E-state index in [9.17, 15) is 13.2 Å². The summed E-state index contributed by atoms with van der Waals surface area (Å²) >= 11 is 0. The minimum absolute atomic E-state index is 0.00839. The van der Waals surface area contributed by atoms with Crippen LogP contribution in [0.2, 0.25) is 0 Å². The first-order chi connectivity index (χ1) is 10.8. The number of carbonyl (C=O) groups is 1. The van der Waals surface area contributed by atoms with Gasteiger partial charge in [0.25, 0.3) is 5.91 Å². The lowest BCUT2D eigenvalue weighted by molar-refractivity contribution is 0.0997. The first-order valence-electron chi connectivity index (χ1n) is 6.86. The maximum absolute atomic E-state index is 12.4. The maximum Gasteiger partial charge on any atom is 0.252 e. The van der Waals surface area contributed by atoms with E-state index in [1.165, 1.54) is 31.6 Å². The number of rotatable bonds is 7. The van der Waals surface area contributed by atoms with Crippen molar-refractivity contribution in [2.24, 2.45) is 5.73 Å². The van der Waals surface area contributed by atoms with Crippen molar-refractivity contribution >= 4 is 15.9 Å². The van der Waals surface area contributed by atoms with Crippen LogP contribution in [0.5, 0.6) is 5.75 Å². The van der Waals surface area contributed by atoms with Gasteiger partial charge in [-0.05, 0) is 37.3 Å². The van der Waals surface area contributed by atoms with Crippen LogP contribution in [-0.2, 0) is 16.4 Å². The van der Waals surface area contributed by atoms with Crippen molar-refractivity contribution in [3.8, 4) is 5.75 Å². The number of carbonyl (C=O) groups excluding carboxylic acids is 1. The molecule has 7 nitrogen and oxygen atoms in total. The van der Waals surface area contributed by atoms with Gasteiger partial charge >= 0.3 is 0 Å². The Morgan fingerprint density at radius 2 is 2.13 bits per heavy atom. The molecule has 2 aromatic rings. The second kappa shape index (κ2) is 6.84. The lowest BCUT2D eigenvalue weighted by Crippen LogP contribution is -2.34. The van der Waals surface area contributed by atoms with Gasteiger partial charge in [-0.3, -0.25) is 4.79 Å². The molecule has 1 aromatic carbocycles. The molecular weight excluding hydrogens is 320 g/mol. The zero-order valence-electron chi connectivity index (χ0n) is 12.8. The normalized spacial score (nSPS) is 12.8. The SMILES string of the molecule is COc1ccc(S(=O)(=O)N[C@H](C)Cc2ccco2)cc1C(N)=O. The topological polar surface area (TPSA) is 112 Å². The minimum atomic E-state index is -3.80. The highest BCUT2D eigenvalue weighted by atomic mass is 32.2. The molecule has 0 saturated heterocycles. The van der Waals surface area contributed by atoms with Gasteiger partial charge in [0.15, 0.2) is 0 Å². The van der Waals surface area contributed by atoms with Crippen LogP contribution in [0.3, 0.4) is 0 Å². The Labute approximate surface area is 134 Å². The largest absolute Gasteiger partial charge is 0.496 e. The highest BCUT2D eigenvalue weighted by molar-refractivity contribution is 7.89. The minimum Gasteiger partial charge on any atom is -0.496 e. The third-order valence-corrected chi connectivity index (χ3v) is 4.78. The van der Waals surface area contributed by atoms with Gasteiger partial charge in [-0.15, -0.1) is 0 Å². The Hall–Kier alpha value is -2.32. The number of primary amides is 1. The summed E-state index contributed by atoms with van der Waals surface area (Å²) in [4.78, 5) is 11.4. The van der Waals surface area contributed by atoms with Crippen LogP contribution in [0.1, 0.15) is 23.0 Å². The van der Waals surface area contributed by atoms with Crippen molar-refractivity contribution in [2.75, 3.05) is 7.11 Å². The van der Waals surface area contributed by atoms with Crippen LogP contribution >= 0.6 is 0 Å². The van der Waals surface area contributed by atoms with E-state index in [-0.39, 0.29) is 22.3 Å². The summed E-state index contributed by atoms with van der Waals surface area (Å²) in [6.07, 6.45) is 1.93. The van der Waals surface area contributed by atoms with E-state index in [0.717, 1.165) is 0 Å². The molecule has 0 radical (unpaired) electrons. The second-order valence-corrected chi connectivity index (χ2v) is 6.75. The van der Waals surface area contributed by atoms with Crippen molar-refractivity contribution in [3.05, 3.63) is 47.9 Å². The number of nitrogens with two attached hydrogens (primary N) is 1. The molecule has 0 aliphatic rings. The maximum atomic E-state index is 12.4. The van der Waals surface area contributed by atoms with E-state index in [2.05, 4.69) is 4.72 Å². The average Bonchev–Trinajstić information content (AvgIpc) is 2.98. The van der Waals surface area contributed by atoms with Crippen molar-refractivity contribution < 1.29 is 22.4 Å². The van der Waals surface area contributed by atoms with E-state index in [1.54, 1.807) is 19.1 Å². The molecular formula is C15H18N2O5S. The van der Waals surface area contributed by atoms with Crippen molar-refractivity contribution in [1.82, 2.24) is 4.72 Å². The monoisotopic (exact) mass is 338 g/mol. The molecule has 0 bridgehead atoms. The second-order valence-electron chi connectivity index (χ2n) is 5.03. The average molecular weight is 338 g/mol. The predicted molar refractivity (Wildman–Crippen MR) is 83.7 cm³/mol. The van der Waals surface area contributed by atoms with Gasteiger partial charge < -0.3 is 14.9 Å². The van der Waals surface area contributed by atoms with Crippen molar-refractivity contribution in [3.63, 3.8) is 0 Å². The quantitative estimate of drug-likeness (QED) is 0.790. The fourth-order valence-electron chi connectivity index (χ4n) is 2.15. The Kier molecular flexibility index (Phi) is 5.07. The highest BCUT2D eigenvalue weighted by Crippen LogP contribution is 2.22. The van der Waals surface area contributed by atoms with Crippen LogP contribution < -0.4 is 15.2 Å². The van der Waals surface area contributed by atoms with E-state index in [1.807, 2.05) is 0 Å². The van der Waals surface area contributed by atoms with E-state index >= 15 is 0 Å². The number of hydrogen-bond donors (Lipinski definition) is 2. The molecule has 0 aliphatic heterocycles. The Balaban J connectivity index is 2.22. The molecule has 1 atom stereocenters. The zero-order valence-corrected chi connectivity index (χ0v) is 13.6.